The van der Waals surface area contributed by atoms with E-state index in [0.717, 1.165) is 36.0 Å². The molecule has 5 atom stereocenters. The Labute approximate surface area is 272 Å². The highest BCUT2D eigenvalue weighted by molar-refractivity contribution is 8.01. The van der Waals surface area contributed by atoms with Gasteiger partial charge in [-0.05, 0) is 65.8 Å². The molecule has 2 aliphatic carbocycles. The van der Waals surface area contributed by atoms with Crippen LogP contribution in [0, 0.1) is 17.8 Å². The average Bonchev–Trinajstić information content (AvgIpc) is 3.77. The van der Waals surface area contributed by atoms with Gasteiger partial charge in [-0.2, -0.15) is 0 Å². The predicted octanol–water partition coefficient (Wildman–Crippen LogP) is 8.66. The Kier molecular flexibility index (Phi) is 9.18. The second-order valence-corrected chi connectivity index (χ2v) is 14.6. The molecule has 4 nitrogen and oxygen atoms in total. The van der Waals surface area contributed by atoms with Gasteiger partial charge in [0.2, 0.25) is 0 Å². The molecular formula is C40H43NO3S. The lowest BCUT2D eigenvalue weighted by molar-refractivity contribution is -0.159. The number of thioether (sulfide) groups is 1. The molecule has 2 fully saturated rings. The first-order chi connectivity index (χ1) is 21.8. The van der Waals surface area contributed by atoms with E-state index in [4.69, 9.17) is 4.74 Å². The highest BCUT2D eigenvalue weighted by atomic mass is 32.2. The summed E-state index contributed by atoms with van der Waals surface area (Å²) in [5.41, 5.74) is 2.77. The summed E-state index contributed by atoms with van der Waals surface area (Å²) in [7, 11) is 0. The predicted molar refractivity (Wildman–Crippen MR) is 183 cm³/mol. The lowest BCUT2D eigenvalue weighted by Gasteiger charge is -2.38. The van der Waals surface area contributed by atoms with Crippen molar-refractivity contribution >= 4 is 23.6 Å². The zero-order valence-electron chi connectivity index (χ0n) is 26.4. The molecule has 0 aliphatic heterocycles. The number of ether oxygens (including phenoxy) is 1. The Morgan fingerprint density at radius 2 is 1.27 bits per heavy atom. The van der Waals surface area contributed by atoms with Crippen LogP contribution in [-0.2, 0) is 14.3 Å². The van der Waals surface area contributed by atoms with E-state index in [1.165, 1.54) is 0 Å². The molecule has 0 unspecified atom stereocenters. The molecule has 0 heterocycles. The van der Waals surface area contributed by atoms with Crippen molar-refractivity contribution in [2.75, 3.05) is 0 Å². The maximum Gasteiger partial charge on any atom is 0.333 e. The molecule has 4 aromatic rings. The summed E-state index contributed by atoms with van der Waals surface area (Å²) in [6, 6.07) is 40.6. The zero-order valence-corrected chi connectivity index (χ0v) is 27.2. The summed E-state index contributed by atoms with van der Waals surface area (Å²) in [4.78, 5) is 28.2. The van der Waals surface area contributed by atoms with Crippen molar-refractivity contribution < 1.29 is 14.3 Å². The number of hydrogen-bond donors (Lipinski definition) is 1. The molecule has 0 aromatic heterocycles. The number of carbonyl (C=O) groups is 2. The third-order valence-corrected chi connectivity index (χ3v) is 11.6. The Morgan fingerprint density at radius 3 is 1.76 bits per heavy atom. The van der Waals surface area contributed by atoms with Gasteiger partial charge in [0.1, 0.15) is 6.10 Å². The van der Waals surface area contributed by atoms with Crippen LogP contribution in [0.15, 0.2) is 121 Å². The molecule has 1 N–H and O–H groups in total. The van der Waals surface area contributed by atoms with E-state index < -0.39 is 10.3 Å². The second-order valence-electron chi connectivity index (χ2n) is 13.2. The van der Waals surface area contributed by atoms with Crippen molar-refractivity contribution in [2.45, 2.75) is 68.1 Å². The van der Waals surface area contributed by atoms with Gasteiger partial charge in [0, 0.05) is 10.8 Å². The minimum absolute atomic E-state index is 0.153. The number of benzene rings is 4. The molecule has 2 saturated carbocycles. The Morgan fingerprint density at radius 1 is 0.778 bits per heavy atom. The van der Waals surface area contributed by atoms with Crippen molar-refractivity contribution in [3.63, 3.8) is 0 Å². The first-order valence-electron chi connectivity index (χ1n) is 16.3. The van der Waals surface area contributed by atoms with Gasteiger partial charge in [-0.3, -0.25) is 4.79 Å². The van der Waals surface area contributed by atoms with E-state index in [-0.39, 0.29) is 23.2 Å². The fourth-order valence-corrected chi connectivity index (χ4v) is 9.01. The maximum atomic E-state index is 14.5. The van der Waals surface area contributed by atoms with Crippen LogP contribution in [0.1, 0.15) is 73.5 Å². The fourth-order valence-electron chi connectivity index (χ4n) is 7.07. The van der Waals surface area contributed by atoms with Gasteiger partial charge < -0.3 is 10.1 Å². The third-order valence-electron chi connectivity index (χ3n) is 9.71. The van der Waals surface area contributed by atoms with Crippen molar-refractivity contribution in [2.24, 2.45) is 17.8 Å². The van der Waals surface area contributed by atoms with Crippen LogP contribution in [0.25, 0.3) is 0 Å². The van der Waals surface area contributed by atoms with Gasteiger partial charge in [-0.15, -0.1) is 11.8 Å². The minimum Gasteiger partial charge on any atom is -0.460 e. The van der Waals surface area contributed by atoms with Crippen LogP contribution < -0.4 is 5.32 Å². The lowest BCUT2D eigenvalue weighted by Crippen LogP contribution is -2.49. The quantitative estimate of drug-likeness (QED) is 0.143. The molecule has 45 heavy (non-hydrogen) atoms. The molecular weight excluding hydrogens is 575 g/mol. The zero-order chi connectivity index (χ0) is 31.4. The molecule has 232 valence electrons. The number of esters is 1. The molecule has 2 aliphatic rings. The number of hydrogen-bond acceptors (Lipinski definition) is 4. The number of nitrogens with one attached hydrogen (secondary N) is 1. The van der Waals surface area contributed by atoms with Crippen molar-refractivity contribution in [3.8, 4) is 0 Å². The molecule has 4 aromatic carbocycles. The van der Waals surface area contributed by atoms with Crippen molar-refractivity contribution in [1.82, 2.24) is 5.32 Å². The Bertz CT molecular complexity index is 1480. The second kappa shape index (κ2) is 13.3. The first-order valence-corrected chi connectivity index (χ1v) is 17.1. The van der Waals surface area contributed by atoms with E-state index in [9.17, 15) is 9.59 Å². The average molecular weight is 618 g/mol. The van der Waals surface area contributed by atoms with Gasteiger partial charge in [0.25, 0.3) is 5.91 Å². The van der Waals surface area contributed by atoms with Gasteiger partial charge in [-0.25, -0.2) is 4.79 Å². The van der Waals surface area contributed by atoms with Crippen LogP contribution in [0.4, 0.5) is 0 Å². The van der Waals surface area contributed by atoms with E-state index in [1.807, 2.05) is 36.4 Å². The first kappa shape index (κ1) is 31.2. The Hall–Kier alpha value is -3.83. The highest BCUT2D eigenvalue weighted by Gasteiger charge is 2.66. The maximum absolute atomic E-state index is 14.5. The number of rotatable bonds is 10. The van der Waals surface area contributed by atoms with Gasteiger partial charge in [0.15, 0.2) is 5.54 Å². The van der Waals surface area contributed by atoms with E-state index in [1.54, 1.807) is 23.9 Å². The van der Waals surface area contributed by atoms with Crippen LogP contribution in [0.2, 0.25) is 0 Å². The number of carbonyl (C=O) groups excluding carboxylic acids is 2. The SMILES string of the molecule is CC(C)[C@@H]1CC[C@@H](C)C[C@H]1OC(=O)[C@@]1(NC(=O)c2ccccc2)C[C@@H]1SC(c1ccccc1)(c1ccccc1)c1ccccc1. The van der Waals surface area contributed by atoms with E-state index >= 15 is 0 Å². The molecule has 6 rings (SSSR count). The molecule has 0 bridgehead atoms. The van der Waals surface area contributed by atoms with Gasteiger partial charge in [-0.1, -0.05) is 136 Å². The van der Waals surface area contributed by atoms with E-state index in [0.29, 0.717) is 29.7 Å². The lowest BCUT2D eigenvalue weighted by atomic mass is 9.75. The summed E-state index contributed by atoms with van der Waals surface area (Å²) < 4.78 is 5.88. The highest BCUT2D eigenvalue weighted by Crippen LogP contribution is 2.59. The summed E-state index contributed by atoms with van der Waals surface area (Å²) in [5.74, 6) is 0.666. The van der Waals surface area contributed by atoms with Crippen LogP contribution >= 0.6 is 11.8 Å². The topological polar surface area (TPSA) is 55.4 Å². The molecule has 0 radical (unpaired) electrons. The van der Waals surface area contributed by atoms with Crippen LogP contribution in [0.5, 0.6) is 0 Å². The summed E-state index contributed by atoms with van der Waals surface area (Å²) >= 11 is 1.74. The largest absolute Gasteiger partial charge is 0.460 e. The smallest absolute Gasteiger partial charge is 0.333 e. The fraction of sp³-hybridized carbons (Fsp3) is 0.350. The molecule has 1 amide bonds. The van der Waals surface area contributed by atoms with Gasteiger partial charge >= 0.3 is 5.97 Å². The van der Waals surface area contributed by atoms with Crippen LogP contribution in [-0.4, -0.2) is 28.8 Å². The number of amides is 1. The summed E-state index contributed by atoms with van der Waals surface area (Å²) in [6.45, 7) is 6.68. The molecule has 0 spiro atoms. The third kappa shape index (κ3) is 6.33. The summed E-state index contributed by atoms with van der Waals surface area (Å²) in [5, 5.41) is 3.01. The van der Waals surface area contributed by atoms with Gasteiger partial charge in [0.05, 0.1) is 4.75 Å². The Balaban J connectivity index is 1.41. The van der Waals surface area contributed by atoms with Crippen LogP contribution in [0.3, 0.4) is 0 Å². The van der Waals surface area contributed by atoms with E-state index in [2.05, 4.69) is 98.9 Å². The normalized spacial score (nSPS) is 24.5. The molecule has 5 heteroatoms. The van der Waals surface area contributed by atoms with Crippen molar-refractivity contribution in [1.29, 1.82) is 0 Å². The van der Waals surface area contributed by atoms with Crippen molar-refractivity contribution in [3.05, 3.63) is 144 Å². The monoisotopic (exact) mass is 617 g/mol. The molecule has 0 saturated heterocycles. The minimum atomic E-state index is -1.14. The standard InChI is InChI=1S/C40H43NO3S/c1-28(2)34-25-24-29(3)26-35(34)44-38(43)39(41-37(42)30-16-8-4-9-17-30)27-36(39)45-40(31-18-10-5-11-19-31,32-20-12-6-13-21-32)33-22-14-7-15-23-33/h4-23,28-29,34-36H,24-27H2,1-3H3,(H,41,42)/t29-,34+,35-,36+,39-/m1/s1. The summed E-state index contributed by atoms with van der Waals surface area (Å²) in [6.07, 6.45) is 3.41.